The summed E-state index contributed by atoms with van der Waals surface area (Å²) in [5.74, 6) is -1.07. The van der Waals surface area contributed by atoms with Gasteiger partial charge in [0.25, 0.3) is 0 Å². The predicted octanol–water partition coefficient (Wildman–Crippen LogP) is -2.95. The molecule has 3 aromatic rings. The zero-order chi connectivity index (χ0) is 14.3. The van der Waals surface area contributed by atoms with Crippen molar-refractivity contribution in [1.29, 1.82) is 0 Å². The number of pyridine rings is 2. The van der Waals surface area contributed by atoms with Gasteiger partial charge in [-0.15, -0.1) is 5.10 Å². The number of nitrogens with zero attached hydrogens (tertiary/aromatic N) is 4. The maximum absolute atomic E-state index is 11.0. The monoisotopic (exact) mass is 275 g/mol. The van der Waals surface area contributed by atoms with E-state index >= 15 is 0 Å². The summed E-state index contributed by atoms with van der Waals surface area (Å²) in [7, 11) is 0. The third-order valence-corrected chi connectivity index (χ3v) is 2.99. The van der Waals surface area contributed by atoms with Crippen molar-refractivity contribution in [3.63, 3.8) is 0 Å². The Morgan fingerprint density at radius 2 is 2.10 bits per heavy atom. The Bertz CT molecular complexity index is 831. The second-order valence-corrected chi connectivity index (χ2v) is 4.33. The van der Waals surface area contributed by atoms with E-state index in [1.807, 2.05) is 0 Å². The first-order valence-corrected chi connectivity index (χ1v) is 5.85. The smallest absolute Gasteiger partial charge is 0.545 e. The largest absolute Gasteiger partial charge is 1.00 e. The molecule has 3 rings (SSSR count). The molecular weight excluding hydrogens is 265 g/mol. The summed E-state index contributed by atoms with van der Waals surface area (Å²) >= 11 is 0. The van der Waals surface area contributed by atoms with Crippen LogP contribution in [0.4, 0.5) is 5.95 Å². The average Bonchev–Trinajstić information content (AvgIpc) is 2.78. The van der Waals surface area contributed by atoms with Crippen molar-refractivity contribution in [3.8, 4) is 11.1 Å². The molecule has 0 unspecified atom stereocenters. The molecule has 0 spiro atoms. The molecular formula is C13H10LiN5O2. The molecule has 21 heavy (non-hydrogen) atoms. The minimum absolute atomic E-state index is 0. The Balaban J connectivity index is 0.00000161. The quantitative estimate of drug-likeness (QED) is 0.501. The minimum Gasteiger partial charge on any atom is -0.545 e. The van der Waals surface area contributed by atoms with Crippen molar-refractivity contribution in [2.24, 2.45) is 0 Å². The van der Waals surface area contributed by atoms with E-state index < -0.39 is 5.97 Å². The summed E-state index contributed by atoms with van der Waals surface area (Å²) in [4.78, 5) is 19.2. The number of carbonyl (C=O) groups is 1. The summed E-state index contributed by atoms with van der Waals surface area (Å²) in [6.45, 7) is 1.62. The summed E-state index contributed by atoms with van der Waals surface area (Å²) in [5, 5.41) is 15.0. The molecule has 0 aliphatic heterocycles. The number of nitrogen functional groups attached to an aromatic ring is 1. The maximum Gasteiger partial charge on any atom is 1.00 e. The van der Waals surface area contributed by atoms with Gasteiger partial charge in [-0.05, 0) is 30.7 Å². The molecule has 2 N–H and O–H groups in total. The topological polar surface area (TPSA) is 109 Å². The summed E-state index contributed by atoms with van der Waals surface area (Å²) < 4.78 is 1.54. The van der Waals surface area contributed by atoms with Gasteiger partial charge < -0.3 is 15.6 Å². The number of rotatable bonds is 2. The fourth-order valence-electron chi connectivity index (χ4n) is 1.98. The Morgan fingerprint density at radius 3 is 2.81 bits per heavy atom. The number of anilines is 1. The molecule has 0 aliphatic carbocycles. The van der Waals surface area contributed by atoms with Crippen molar-refractivity contribution < 1.29 is 28.8 Å². The van der Waals surface area contributed by atoms with Crippen LogP contribution in [0.5, 0.6) is 0 Å². The minimum atomic E-state index is -1.25. The van der Waals surface area contributed by atoms with Crippen molar-refractivity contribution in [2.75, 3.05) is 5.73 Å². The van der Waals surface area contributed by atoms with Crippen LogP contribution in [0.1, 0.15) is 16.1 Å². The molecule has 0 atom stereocenters. The fourth-order valence-corrected chi connectivity index (χ4v) is 1.98. The van der Waals surface area contributed by atoms with Gasteiger partial charge in [0.2, 0.25) is 5.95 Å². The van der Waals surface area contributed by atoms with Crippen LogP contribution in [0.15, 0.2) is 30.6 Å². The Labute approximate surface area is 132 Å². The normalized spacial score (nSPS) is 10.3. The Hall–Kier alpha value is -2.36. The number of carboxylic acid groups (broad SMARTS) is 1. The summed E-state index contributed by atoms with van der Waals surface area (Å²) in [5.41, 5.74) is 8.03. The van der Waals surface area contributed by atoms with Gasteiger partial charge in [0, 0.05) is 29.2 Å². The summed E-state index contributed by atoms with van der Waals surface area (Å²) in [6.07, 6.45) is 3.31. The second-order valence-electron chi connectivity index (χ2n) is 4.33. The van der Waals surface area contributed by atoms with Crippen LogP contribution in [0.2, 0.25) is 0 Å². The maximum atomic E-state index is 11.0. The van der Waals surface area contributed by atoms with Gasteiger partial charge in [-0.2, -0.15) is 4.98 Å². The molecule has 3 aromatic heterocycles. The number of aromatic nitrogens is 4. The first-order chi connectivity index (χ1) is 9.54. The van der Waals surface area contributed by atoms with Gasteiger partial charge in [0.15, 0.2) is 5.65 Å². The molecule has 0 fully saturated rings. The van der Waals surface area contributed by atoms with Crippen LogP contribution in [0.3, 0.4) is 0 Å². The number of hydrogen-bond donors (Lipinski definition) is 1. The van der Waals surface area contributed by atoms with Crippen molar-refractivity contribution in [1.82, 2.24) is 19.6 Å². The molecule has 0 saturated heterocycles. The average molecular weight is 275 g/mol. The number of carbonyl (C=O) groups excluding carboxylic acids is 1. The van der Waals surface area contributed by atoms with E-state index in [4.69, 9.17) is 5.73 Å². The molecule has 8 heteroatoms. The number of aromatic carboxylic acids is 1. The molecule has 3 heterocycles. The van der Waals surface area contributed by atoms with Gasteiger partial charge in [-0.3, -0.25) is 4.98 Å². The first-order valence-electron chi connectivity index (χ1n) is 5.85. The second kappa shape index (κ2) is 5.56. The number of hydrogen-bond acceptors (Lipinski definition) is 6. The molecule has 0 saturated carbocycles. The van der Waals surface area contributed by atoms with E-state index in [0.717, 1.165) is 5.56 Å². The standard InChI is InChI=1S/C13H11N5O2.Li/c1-7-10(12(19)20)4-9(6-15-7)8-2-3-18-11(5-8)16-13(14)17-18;/h2-6H,1H3,(H2,14,17)(H,19,20);/q;+1/p-1. The zero-order valence-corrected chi connectivity index (χ0v) is 11.6. The van der Waals surface area contributed by atoms with Crippen molar-refractivity contribution in [3.05, 3.63) is 41.9 Å². The van der Waals surface area contributed by atoms with Crippen LogP contribution in [-0.2, 0) is 0 Å². The van der Waals surface area contributed by atoms with Gasteiger partial charge >= 0.3 is 18.9 Å². The SMILES string of the molecule is Cc1ncc(-c2ccn3nc(N)nc3c2)cc1C(=O)[O-].[Li+]. The molecule has 0 bridgehead atoms. The van der Waals surface area contributed by atoms with Gasteiger partial charge in [0.1, 0.15) is 0 Å². The third kappa shape index (κ3) is 2.75. The number of fused-ring (bicyclic) bond motifs is 1. The van der Waals surface area contributed by atoms with Crippen molar-refractivity contribution in [2.45, 2.75) is 6.92 Å². The van der Waals surface area contributed by atoms with Crippen LogP contribution in [0.25, 0.3) is 16.8 Å². The predicted molar refractivity (Wildman–Crippen MR) is 69.7 cm³/mol. The van der Waals surface area contributed by atoms with Gasteiger partial charge in [-0.1, -0.05) is 0 Å². The number of nitrogens with two attached hydrogens (primary N) is 1. The van der Waals surface area contributed by atoms with E-state index in [1.54, 1.807) is 36.0 Å². The van der Waals surface area contributed by atoms with E-state index in [1.165, 1.54) is 6.07 Å². The van der Waals surface area contributed by atoms with E-state index in [2.05, 4.69) is 15.1 Å². The van der Waals surface area contributed by atoms with Gasteiger partial charge in [0.05, 0.1) is 5.97 Å². The van der Waals surface area contributed by atoms with Crippen molar-refractivity contribution >= 4 is 17.6 Å². The molecule has 0 aromatic carbocycles. The summed E-state index contributed by atoms with van der Waals surface area (Å²) in [6, 6.07) is 5.07. The van der Waals surface area contributed by atoms with E-state index in [9.17, 15) is 9.90 Å². The number of aryl methyl sites for hydroxylation is 1. The van der Waals surface area contributed by atoms with E-state index in [-0.39, 0.29) is 30.4 Å². The van der Waals surface area contributed by atoms with Gasteiger partial charge in [-0.25, -0.2) is 4.52 Å². The number of carboxylic acids is 1. The van der Waals surface area contributed by atoms with Crippen LogP contribution in [-0.4, -0.2) is 25.6 Å². The fraction of sp³-hybridized carbons (Fsp3) is 0.0769. The Morgan fingerprint density at radius 1 is 1.33 bits per heavy atom. The third-order valence-electron chi connectivity index (χ3n) is 2.99. The Kier molecular flexibility index (Phi) is 3.98. The first kappa shape index (κ1) is 15.0. The molecule has 0 aliphatic rings. The van der Waals surface area contributed by atoms with Crippen LogP contribution < -0.4 is 29.7 Å². The van der Waals surface area contributed by atoms with Crippen LogP contribution in [0, 0.1) is 6.92 Å². The molecule has 0 radical (unpaired) electrons. The van der Waals surface area contributed by atoms with Crippen LogP contribution >= 0.6 is 0 Å². The zero-order valence-electron chi connectivity index (χ0n) is 11.6. The van der Waals surface area contributed by atoms with E-state index in [0.29, 0.717) is 16.9 Å². The molecule has 7 nitrogen and oxygen atoms in total. The molecule has 100 valence electrons. The molecule has 0 amide bonds.